The average Bonchev–Trinajstić information content (AvgIpc) is 2.98. The summed E-state index contributed by atoms with van der Waals surface area (Å²) in [5.41, 5.74) is 0.556. The van der Waals surface area contributed by atoms with Gasteiger partial charge in [0.05, 0.1) is 18.0 Å². The quantitative estimate of drug-likeness (QED) is 0.811. The van der Waals surface area contributed by atoms with Gasteiger partial charge in [0.1, 0.15) is 17.7 Å². The molecule has 1 fully saturated rings. The van der Waals surface area contributed by atoms with Crippen molar-refractivity contribution >= 4 is 15.9 Å². The van der Waals surface area contributed by atoms with E-state index in [2.05, 4.69) is 10.4 Å². The molecule has 0 saturated heterocycles. The first-order chi connectivity index (χ1) is 13.6. The second-order valence-corrected chi connectivity index (χ2v) is 9.68. The summed E-state index contributed by atoms with van der Waals surface area (Å²) in [6, 6.07) is 2.22. The minimum Gasteiger partial charge on any atom is -0.345 e. The standard InChI is InChI=1S/C19H22F2N4O3S/c1-24-16-6-9-25(29(2,27)28)17(13(16)11-22-24)18(26)23-19(7-3-8-19)14-5-4-12(20)10-15(14)21/h4-5,10-11,17H,3,6-9H2,1-2H3,(H,23,26). The lowest BCUT2D eigenvalue weighted by molar-refractivity contribution is -0.128. The fourth-order valence-corrected chi connectivity index (χ4v) is 5.33. The predicted octanol–water partition coefficient (Wildman–Crippen LogP) is 1.75. The molecule has 4 rings (SSSR count). The summed E-state index contributed by atoms with van der Waals surface area (Å²) in [6.45, 7) is 0.154. The molecule has 0 bridgehead atoms. The van der Waals surface area contributed by atoms with Crippen LogP contribution in [0.4, 0.5) is 8.78 Å². The third-order valence-electron chi connectivity index (χ3n) is 5.94. The number of aryl methyl sites for hydroxylation is 1. The van der Waals surface area contributed by atoms with Crippen LogP contribution in [0.15, 0.2) is 24.4 Å². The van der Waals surface area contributed by atoms with Crippen molar-refractivity contribution in [2.24, 2.45) is 7.05 Å². The van der Waals surface area contributed by atoms with E-state index in [1.165, 1.54) is 12.3 Å². The highest BCUT2D eigenvalue weighted by Gasteiger charge is 2.46. The minimum atomic E-state index is -3.66. The highest BCUT2D eigenvalue weighted by Crippen LogP contribution is 2.43. The number of benzene rings is 1. The number of sulfonamides is 1. The van der Waals surface area contributed by atoms with Crippen LogP contribution in [-0.4, -0.2) is 41.2 Å². The summed E-state index contributed by atoms with van der Waals surface area (Å²) >= 11 is 0. The van der Waals surface area contributed by atoms with Crippen LogP contribution < -0.4 is 5.32 Å². The Morgan fingerprint density at radius 3 is 2.62 bits per heavy atom. The maximum atomic E-state index is 14.5. The predicted molar refractivity (Wildman–Crippen MR) is 101 cm³/mol. The van der Waals surface area contributed by atoms with Crippen molar-refractivity contribution in [1.29, 1.82) is 0 Å². The van der Waals surface area contributed by atoms with E-state index in [4.69, 9.17) is 0 Å². The van der Waals surface area contributed by atoms with Gasteiger partial charge < -0.3 is 5.32 Å². The number of nitrogens with zero attached hydrogens (tertiary/aromatic N) is 3. The Morgan fingerprint density at radius 2 is 2.03 bits per heavy atom. The van der Waals surface area contributed by atoms with Crippen molar-refractivity contribution in [3.05, 3.63) is 52.9 Å². The molecule has 2 aromatic rings. The van der Waals surface area contributed by atoms with Crippen LogP contribution in [-0.2, 0) is 33.8 Å². The third-order valence-corrected chi connectivity index (χ3v) is 7.18. The summed E-state index contributed by atoms with van der Waals surface area (Å²) in [7, 11) is -1.92. The number of aromatic nitrogens is 2. The average molecular weight is 424 g/mol. The number of nitrogens with one attached hydrogen (secondary N) is 1. The van der Waals surface area contributed by atoms with Crippen LogP contribution in [0.5, 0.6) is 0 Å². The summed E-state index contributed by atoms with van der Waals surface area (Å²) in [5, 5.41) is 7.06. The number of amides is 1. The first-order valence-corrected chi connectivity index (χ1v) is 11.2. The molecule has 1 amide bonds. The summed E-state index contributed by atoms with van der Waals surface area (Å²) in [5.74, 6) is -1.95. The van der Waals surface area contributed by atoms with E-state index in [9.17, 15) is 22.0 Å². The van der Waals surface area contributed by atoms with Gasteiger partial charge in [-0.3, -0.25) is 9.48 Å². The molecule has 7 nitrogen and oxygen atoms in total. The fourth-order valence-electron chi connectivity index (χ4n) is 4.32. The maximum Gasteiger partial charge on any atom is 0.243 e. The lowest BCUT2D eigenvalue weighted by Gasteiger charge is -2.45. The minimum absolute atomic E-state index is 0.154. The molecule has 29 heavy (non-hydrogen) atoms. The molecule has 1 aromatic carbocycles. The van der Waals surface area contributed by atoms with Crippen LogP contribution in [0.3, 0.4) is 0 Å². The highest BCUT2D eigenvalue weighted by atomic mass is 32.2. The monoisotopic (exact) mass is 424 g/mol. The SMILES string of the molecule is Cn1ncc2c1CCN(S(C)(=O)=O)C2C(=O)NC1(c2ccc(F)cc2F)CCC1. The molecule has 1 atom stereocenters. The van der Waals surface area contributed by atoms with E-state index in [0.29, 0.717) is 24.8 Å². The van der Waals surface area contributed by atoms with E-state index in [0.717, 1.165) is 34.8 Å². The largest absolute Gasteiger partial charge is 0.345 e. The number of hydrogen-bond donors (Lipinski definition) is 1. The van der Waals surface area contributed by atoms with E-state index >= 15 is 0 Å². The fraction of sp³-hybridized carbons (Fsp3) is 0.474. The first-order valence-electron chi connectivity index (χ1n) is 9.37. The van der Waals surface area contributed by atoms with Gasteiger partial charge in [0.2, 0.25) is 15.9 Å². The second kappa shape index (κ2) is 6.88. The van der Waals surface area contributed by atoms with E-state index in [1.807, 2.05) is 0 Å². The Bertz CT molecular complexity index is 1080. The third kappa shape index (κ3) is 3.33. The number of fused-ring (bicyclic) bond motifs is 1. The lowest BCUT2D eigenvalue weighted by Crippen LogP contribution is -2.56. The van der Waals surface area contributed by atoms with Crippen molar-refractivity contribution in [2.75, 3.05) is 12.8 Å². The molecule has 1 saturated carbocycles. The zero-order chi connectivity index (χ0) is 21.0. The van der Waals surface area contributed by atoms with E-state index < -0.39 is 39.1 Å². The zero-order valence-electron chi connectivity index (χ0n) is 16.2. The Hall–Kier alpha value is -2.33. The lowest BCUT2D eigenvalue weighted by atomic mass is 9.71. The van der Waals surface area contributed by atoms with Crippen molar-refractivity contribution in [3.8, 4) is 0 Å². The first kappa shape index (κ1) is 20.0. The van der Waals surface area contributed by atoms with Gasteiger partial charge in [-0.05, 0) is 25.3 Å². The van der Waals surface area contributed by atoms with Crippen LogP contribution in [0.1, 0.15) is 42.1 Å². The van der Waals surface area contributed by atoms with Gasteiger partial charge in [-0.2, -0.15) is 9.40 Å². The van der Waals surface area contributed by atoms with E-state index in [-0.39, 0.29) is 12.1 Å². The molecule has 1 N–H and O–H groups in total. The van der Waals surface area contributed by atoms with Crippen molar-refractivity contribution in [2.45, 2.75) is 37.3 Å². The number of halogens is 2. The smallest absolute Gasteiger partial charge is 0.243 e. The van der Waals surface area contributed by atoms with Gasteiger partial charge in [-0.25, -0.2) is 17.2 Å². The molecule has 1 unspecified atom stereocenters. The molecular weight excluding hydrogens is 402 g/mol. The molecule has 2 heterocycles. The van der Waals surface area contributed by atoms with Crippen molar-refractivity contribution in [1.82, 2.24) is 19.4 Å². The summed E-state index contributed by atoms with van der Waals surface area (Å²) < 4.78 is 55.3. The Balaban J connectivity index is 1.72. The highest BCUT2D eigenvalue weighted by molar-refractivity contribution is 7.88. The van der Waals surface area contributed by atoms with Gasteiger partial charge in [-0.1, -0.05) is 6.07 Å². The van der Waals surface area contributed by atoms with Gasteiger partial charge >= 0.3 is 0 Å². The van der Waals surface area contributed by atoms with Crippen LogP contribution in [0.2, 0.25) is 0 Å². The topological polar surface area (TPSA) is 84.3 Å². The van der Waals surface area contributed by atoms with Gasteiger partial charge in [0.15, 0.2) is 0 Å². The molecule has 0 spiro atoms. The van der Waals surface area contributed by atoms with Crippen LogP contribution >= 0.6 is 0 Å². The molecule has 156 valence electrons. The normalized spacial score (nSPS) is 21.3. The summed E-state index contributed by atoms with van der Waals surface area (Å²) in [6.07, 6.45) is 4.77. The Labute approximate surface area is 167 Å². The van der Waals surface area contributed by atoms with E-state index in [1.54, 1.807) is 11.7 Å². The Kier molecular flexibility index (Phi) is 4.73. The van der Waals surface area contributed by atoms with Gasteiger partial charge in [0, 0.05) is 42.9 Å². The molecule has 1 aromatic heterocycles. The van der Waals surface area contributed by atoms with Crippen molar-refractivity contribution in [3.63, 3.8) is 0 Å². The molecular formula is C19H22F2N4O3S. The molecule has 0 radical (unpaired) electrons. The van der Waals surface area contributed by atoms with Crippen LogP contribution in [0, 0.1) is 11.6 Å². The zero-order valence-corrected chi connectivity index (χ0v) is 17.0. The number of rotatable bonds is 4. The second-order valence-electron chi connectivity index (χ2n) is 7.75. The van der Waals surface area contributed by atoms with Gasteiger partial charge in [-0.15, -0.1) is 0 Å². The number of carbonyl (C=O) groups is 1. The molecule has 1 aliphatic carbocycles. The van der Waals surface area contributed by atoms with Gasteiger partial charge in [0.25, 0.3) is 0 Å². The number of hydrogen-bond acceptors (Lipinski definition) is 4. The van der Waals surface area contributed by atoms with Crippen molar-refractivity contribution < 1.29 is 22.0 Å². The Morgan fingerprint density at radius 1 is 1.31 bits per heavy atom. The number of carbonyl (C=O) groups excluding carboxylic acids is 1. The molecule has 1 aliphatic heterocycles. The van der Waals surface area contributed by atoms with Crippen LogP contribution in [0.25, 0.3) is 0 Å². The maximum absolute atomic E-state index is 14.5. The molecule has 2 aliphatic rings. The molecule has 10 heteroatoms. The summed E-state index contributed by atoms with van der Waals surface area (Å²) in [4.78, 5) is 13.3.